The maximum atomic E-state index is 13.1. The van der Waals surface area contributed by atoms with Crippen molar-refractivity contribution in [2.75, 3.05) is 0 Å². The van der Waals surface area contributed by atoms with E-state index < -0.39 is 11.6 Å². The lowest BCUT2D eigenvalue weighted by Crippen LogP contribution is -2.28. The molecule has 1 fully saturated rings. The van der Waals surface area contributed by atoms with Gasteiger partial charge in [0, 0.05) is 12.1 Å². The third-order valence-corrected chi connectivity index (χ3v) is 4.82. The molecule has 3 nitrogen and oxygen atoms in total. The number of hydrogen-bond acceptors (Lipinski definition) is 2. The van der Waals surface area contributed by atoms with Crippen LogP contribution < -0.4 is 0 Å². The fraction of sp³-hybridized carbons (Fsp3) is 0.529. The average Bonchev–Trinajstić information content (AvgIpc) is 3.22. The van der Waals surface area contributed by atoms with E-state index in [1.807, 2.05) is 6.20 Å². The van der Waals surface area contributed by atoms with Gasteiger partial charge in [0.15, 0.2) is 0 Å². The van der Waals surface area contributed by atoms with E-state index in [1.165, 1.54) is 0 Å². The van der Waals surface area contributed by atoms with Crippen molar-refractivity contribution in [2.45, 2.75) is 57.2 Å². The Labute approximate surface area is 133 Å². The Balaban J connectivity index is 1.72. The van der Waals surface area contributed by atoms with Crippen LogP contribution in [-0.4, -0.2) is 21.2 Å². The molecular formula is C17H20F3N3. The van der Waals surface area contributed by atoms with Gasteiger partial charge in [0.2, 0.25) is 0 Å². The van der Waals surface area contributed by atoms with Crippen molar-refractivity contribution in [1.82, 2.24) is 15.0 Å². The Hall–Kier alpha value is -1.85. The lowest BCUT2D eigenvalue weighted by molar-refractivity contribution is -0.160. The molecule has 1 heterocycles. The zero-order chi connectivity index (χ0) is 16.7. The molecular weight excluding hydrogens is 303 g/mol. The number of aromatic nitrogens is 3. The summed E-state index contributed by atoms with van der Waals surface area (Å²) >= 11 is 0. The molecule has 23 heavy (non-hydrogen) atoms. The van der Waals surface area contributed by atoms with Gasteiger partial charge in [-0.05, 0) is 30.4 Å². The standard InChI is InChI=1S/C17H20F3N3/c1-3-12(2)15-11-23(22-21-15)10-13-4-6-14(7-5-13)16(8-9-16)17(18,19)20/h4-7,11-12H,3,8-10H2,1-2H3. The minimum atomic E-state index is -4.16. The normalized spacial score (nSPS) is 18.0. The Morgan fingerprint density at radius 1 is 1.22 bits per heavy atom. The molecule has 0 aliphatic heterocycles. The predicted octanol–water partition coefficient (Wildman–Crippen LogP) is 4.43. The second-order valence-corrected chi connectivity index (χ2v) is 6.43. The molecule has 124 valence electrons. The van der Waals surface area contributed by atoms with E-state index >= 15 is 0 Å². The molecule has 0 saturated heterocycles. The Kier molecular flexibility index (Phi) is 3.94. The van der Waals surface area contributed by atoms with Crippen LogP contribution in [0.2, 0.25) is 0 Å². The van der Waals surface area contributed by atoms with Crippen molar-refractivity contribution >= 4 is 0 Å². The van der Waals surface area contributed by atoms with Crippen LogP contribution in [0.15, 0.2) is 30.5 Å². The van der Waals surface area contributed by atoms with E-state index in [4.69, 9.17) is 0 Å². The third-order valence-electron chi connectivity index (χ3n) is 4.82. The summed E-state index contributed by atoms with van der Waals surface area (Å²) in [4.78, 5) is 0. The zero-order valence-corrected chi connectivity index (χ0v) is 13.3. The van der Waals surface area contributed by atoms with Crippen LogP contribution in [0.1, 0.15) is 55.8 Å². The van der Waals surface area contributed by atoms with E-state index in [9.17, 15) is 13.2 Å². The highest BCUT2D eigenvalue weighted by atomic mass is 19.4. The van der Waals surface area contributed by atoms with Crippen LogP contribution in [-0.2, 0) is 12.0 Å². The van der Waals surface area contributed by atoms with Gasteiger partial charge >= 0.3 is 6.18 Å². The molecule has 1 aromatic carbocycles. The summed E-state index contributed by atoms with van der Waals surface area (Å²) in [6, 6.07) is 6.71. The molecule has 0 N–H and O–H groups in total. The van der Waals surface area contributed by atoms with Crippen molar-refractivity contribution in [3.8, 4) is 0 Å². The Morgan fingerprint density at radius 3 is 2.39 bits per heavy atom. The van der Waals surface area contributed by atoms with Gasteiger partial charge in [-0.1, -0.05) is 43.3 Å². The van der Waals surface area contributed by atoms with E-state index in [1.54, 1.807) is 28.9 Å². The lowest BCUT2D eigenvalue weighted by Gasteiger charge is -2.19. The van der Waals surface area contributed by atoms with Crippen molar-refractivity contribution in [2.24, 2.45) is 0 Å². The van der Waals surface area contributed by atoms with Gasteiger partial charge in [0.25, 0.3) is 0 Å². The molecule has 1 saturated carbocycles. The van der Waals surface area contributed by atoms with Gasteiger partial charge < -0.3 is 0 Å². The summed E-state index contributed by atoms with van der Waals surface area (Å²) in [6.45, 7) is 4.70. The number of benzene rings is 1. The number of halogens is 3. The van der Waals surface area contributed by atoms with Crippen molar-refractivity contribution in [3.63, 3.8) is 0 Å². The largest absolute Gasteiger partial charge is 0.398 e. The molecule has 1 aliphatic rings. The minimum Gasteiger partial charge on any atom is -0.248 e. The first-order valence-corrected chi connectivity index (χ1v) is 7.92. The van der Waals surface area contributed by atoms with E-state index in [0.29, 0.717) is 18.0 Å². The van der Waals surface area contributed by atoms with Crippen LogP contribution in [0.4, 0.5) is 13.2 Å². The van der Waals surface area contributed by atoms with Crippen molar-refractivity contribution in [1.29, 1.82) is 0 Å². The molecule has 0 radical (unpaired) electrons. The molecule has 0 spiro atoms. The maximum Gasteiger partial charge on any atom is 0.398 e. The Bertz CT molecular complexity index is 669. The second kappa shape index (κ2) is 5.65. The van der Waals surface area contributed by atoms with Crippen molar-refractivity contribution < 1.29 is 13.2 Å². The highest BCUT2D eigenvalue weighted by molar-refractivity contribution is 5.35. The predicted molar refractivity (Wildman–Crippen MR) is 81.2 cm³/mol. The SMILES string of the molecule is CCC(C)c1cn(Cc2ccc(C3(C(F)(F)F)CC3)cc2)nn1. The first-order valence-electron chi connectivity index (χ1n) is 7.92. The molecule has 6 heteroatoms. The summed E-state index contributed by atoms with van der Waals surface area (Å²) in [5.41, 5.74) is 0.626. The highest BCUT2D eigenvalue weighted by Crippen LogP contribution is 2.58. The molecule has 0 amide bonds. The Morgan fingerprint density at radius 2 is 1.87 bits per heavy atom. The van der Waals surface area contributed by atoms with Gasteiger partial charge in [0.1, 0.15) is 0 Å². The summed E-state index contributed by atoms with van der Waals surface area (Å²) in [5, 5.41) is 8.24. The van der Waals surface area contributed by atoms with Gasteiger partial charge in [-0.2, -0.15) is 13.2 Å². The van der Waals surface area contributed by atoms with Gasteiger partial charge in [-0.25, -0.2) is 4.68 Å². The highest BCUT2D eigenvalue weighted by Gasteiger charge is 2.64. The molecule has 1 aliphatic carbocycles. The van der Waals surface area contributed by atoms with Gasteiger partial charge in [0.05, 0.1) is 17.7 Å². The van der Waals surface area contributed by atoms with Crippen molar-refractivity contribution in [3.05, 3.63) is 47.3 Å². The first-order chi connectivity index (χ1) is 10.9. The maximum absolute atomic E-state index is 13.1. The molecule has 0 bridgehead atoms. The topological polar surface area (TPSA) is 30.7 Å². The summed E-state index contributed by atoms with van der Waals surface area (Å²) in [7, 11) is 0. The third kappa shape index (κ3) is 2.99. The summed E-state index contributed by atoms with van der Waals surface area (Å²) in [5.74, 6) is 0.354. The van der Waals surface area contributed by atoms with Crippen LogP contribution in [0, 0.1) is 0 Å². The first kappa shape index (κ1) is 16.0. The lowest BCUT2D eigenvalue weighted by atomic mass is 9.94. The monoisotopic (exact) mass is 323 g/mol. The van der Waals surface area contributed by atoms with E-state index in [-0.39, 0.29) is 12.8 Å². The molecule has 1 aromatic heterocycles. The summed E-state index contributed by atoms with van der Waals surface area (Å²) in [6.07, 6.45) is -0.882. The molecule has 1 unspecified atom stereocenters. The minimum absolute atomic E-state index is 0.192. The number of hydrogen-bond donors (Lipinski definition) is 0. The molecule has 1 atom stereocenters. The van der Waals surface area contributed by atoms with Gasteiger partial charge in [-0.15, -0.1) is 5.10 Å². The van der Waals surface area contributed by atoms with Crippen LogP contribution in [0.5, 0.6) is 0 Å². The quantitative estimate of drug-likeness (QED) is 0.815. The van der Waals surface area contributed by atoms with Crippen LogP contribution >= 0.6 is 0 Å². The smallest absolute Gasteiger partial charge is 0.248 e. The molecule has 2 aromatic rings. The van der Waals surface area contributed by atoms with Gasteiger partial charge in [-0.3, -0.25) is 0 Å². The fourth-order valence-electron chi connectivity index (χ4n) is 2.80. The number of rotatable bonds is 5. The zero-order valence-electron chi connectivity index (χ0n) is 13.3. The fourth-order valence-corrected chi connectivity index (χ4v) is 2.80. The van der Waals surface area contributed by atoms with Crippen LogP contribution in [0.3, 0.4) is 0 Å². The summed E-state index contributed by atoms with van der Waals surface area (Å²) < 4.78 is 41.1. The molecule has 3 rings (SSSR count). The second-order valence-electron chi connectivity index (χ2n) is 6.43. The average molecular weight is 323 g/mol. The van der Waals surface area contributed by atoms with E-state index in [2.05, 4.69) is 24.2 Å². The van der Waals surface area contributed by atoms with Crippen LogP contribution in [0.25, 0.3) is 0 Å². The van der Waals surface area contributed by atoms with E-state index in [0.717, 1.165) is 17.7 Å². The number of nitrogens with zero attached hydrogens (tertiary/aromatic N) is 3. The number of alkyl halides is 3.